The first-order chi connectivity index (χ1) is 26.7. The van der Waals surface area contributed by atoms with Crippen molar-refractivity contribution >= 4 is 41.2 Å². The van der Waals surface area contributed by atoms with Crippen molar-refractivity contribution in [1.82, 2.24) is 15.1 Å². The fraction of sp³-hybridized carbons (Fsp3) is 0.634. The second-order valence-electron chi connectivity index (χ2n) is 16.1. The number of nitrogens with one attached hydrogen (secondary N) is 1. The van der Waals surface area contributed by atoms with Crippen LogP contribution in [0.3, 0.4) is 0 Å². The summed E-state index contributed by atoms with van der Waals surface area (Å²) in [6.07, 6.45) is -2.13. The predicted octanol–water partition coefficient (Wildman–Crippen LogP) is 0.828. The van der Waals surface area contributed by atoms with Gasteiger partial charge in [0, 0.05) is 57.5 Å². The lowest BCUT2D eigenvalue weighted by atomic mass is 9.88. The second kappa shape index (κ2) is 21.4. The molecule has 1 aromatic rings. The molecule has 316 valence electrons. The summed E-state index contributed by atoms with van der Waals surface area (Å²) in [6, 6.07) is 4.37. The van der Waals surface area contributed by atoms with E-state index in [0.717, 1.165) is 22.6 Å². The van der Waals surface area contributed by atoms with Crippen LogP contribution in [0, 0.1) is 17.3 Å². The minimum Gasteiger partial charge on any atom is -0.460 e. The minimum absolute atomic E-state index is 0.00879. The van der Waals surface area contributed by atoms with Crippen molar-refractivity contribution in [3.05, 3.63) is 47.0 Å². The number of aliphatic hydroxyl groups is 3. The molecule has 4 amide bonds. The highest BCUT2D eigenvalue weighted by Crippen LogP contribution is 2.24. The Morgan fingerprint density at radius 2 is 1.65 bits per heavy atom. The van der Waals surface area contributed by atoms with Crippen LogP contribution in [-0.4, -0.2) is 137 Å². The van der Waals surface area contributed by atoms with Gasteiger partial charge in [-0.05, 0) is 63.1 Å². The van der Waals surface area contributed by atoms with E-state index in [4.69, 9.17) is 14.2 Å². The molecular weight excluding hydrogens is 742 g/mol. The van der Waals surface area contributed by atoms with Gasteiger partial charge in [-0.2, -0.15) is 0 Å². The zero-order valence-electron chi connectivity index (χ0n) is 34.0. The van der Waals surface area contributed by atoms with E-state index in [9.17, 15) is 48.9 Å². The van der Waals surface area contributed by atoms with E-state index in [2.05, 4.69) is 5.32 Å². The van der Waals surface area contributed by atoms with Crippen LogP contribution in [0.15, 0.2) is 30.4 Å². The van der Waals surface area contributed by atoms with Crippen molar-refractivity contribution in [1.29, 1.82) is 0 Å². The lowest BCUT2D eigenvalue weighted by molar-refractivity contribution is -0.188. The smallest absolute Gasteiger partial charge is 0.311 e. The maximum atomic E-state index is 13.5. The van der Waals surface area contributed by atoms with Crippen molar-refractivity contribution < 1.29 is 63.1 Å². The molecule has 0 aliphatic carbocycles. The summed E-state index contributed by atoms with van der Waals surface area (Å²) in [7, 11) is 1.45. The summed E-state index contributed by atoms with van der Waals surface area (Å²) >= 11 is 0. The van der Waals surface area contributed by atoms with E-state index in [-0.39, 0.29) is 76.1 Å². The molecule has 1 fully saturated rings. The number of carbonyl (C=O) groups is 7. The number of Topliss-reactive ketones (excluding diaryl/α,β-unsaturated/α-hetero) is 2. The quantitative estimate of drug-likeness (QED) is 0.1000. The van der Waals surface area contributed by atoms with Gasteiger partial charge in [-0.3, -0.25) is 38.5 Å². The van der Waals surface area contributed by atoms with Crippen molar-refractivity contribution in [2.75, 3.05) is 40.0 Å². The van der Waals surface area contributed by atoms with Crippen molar-refractivity contribution in [2.45, 2.75) is 111 Å². The average molecular weight is 802 g/mol. The Morgan fingerprint density at radius 1 is 0.982 bits per heavy atom. The third-order valence-electron chi connectivity index (χ3n) is 10.1. The zero-order chi connectivity index (χ0) is 42.6. The Bertz CT molecular complexity index is 1630. The van der Waals surface area contributed by atoms with Gasteiger partial charge in [0.05, 0.1) is 30.8 Å². The van der Waals surface area contributed by atoms with E-state index in [1.165, 1.54) is 12.0 Å². The fourth-order valence-corrected chi connectivity index (χ4v) is 6.32. The molecule has 0 aromatic heterocycles. The molecule has 0 bridgehead atoms. The number of imide groups is 1. The van der Waals surface area contributed by atoms with Crippen molar-refractivity contribution in [3.8, 4) is 0 Å². The predicted molar refractivity (Wildman–Crippen MR) is 205 cm³/mol. The van der Waals surface area contributed by atoms with Crippen LogP contribution in [0.5, 0.6) is 0 Å². The van der Waals surface area contributed by atoms with Crippen LogP contribution in [-0.2, 0) is 67.2 Å². The molecule has 4 N–H and O–H groups in total. The minimum atomic E-state index is -1.36. The number of benzene rings is 1. The van der Waals surface area contributed by atoms with Crippen LogP contribution >= 0.6 is 0 Å². The third kappa shape index (κ3) is 13.9. The molecule has 0 spiro atoms. The Kier molecular flexibility index (Phi) is 17.7. The van der Waals surface area contributed by atoms with E-state index >= 15 is 0 Å². The first kappa shape index (κ1) is 47.0. The number of hydrogen-bond donors (Lipinski definition) is 4. The molecule has 0 saturated carbocycles. The first-order valence-corrected chi connectivity index (χ1v) is 19.3. The zero-order valence-corrected chi connectivity index (χ0v) is 34.0. The van der Waals surface area contributed by atoms with Gasteiger partial charge < -0.3 is 39.7 Å². The van der Waals surface area contributed by atoms with Gasteiger partial charge >= 0.3 is 5.97 Å². The molecule has 1 saturated heterocycles. The Balaban J connectivity index is 1.63. The van der Waals surface area contributed by atoms with Gasteiger partial charge in [-0.25, -0.2) is 0 Å². The number of amides is 4. The second-order valence-corrected chi connectivity index (χ2v) is 16.1. The van der Waals surface area contributed by atoms with Crippen LogP contribution in [0.25, 0.3) is 0 Å². The monoisotopic (exact) mass is 801 g/mol. The summed E-state index contributed by atoms with van der Waals surface area (Å²) in [6.45, 7) is 10.0. The van der Waals surface area contributed by atoms with E-state index in [0.29, 0.717) is 17.5 Å². The highest BCUT2D eigenvalue weighted by atomic mass is 16.5. The van der Waals surface area contributed by atoms with Crippen LogP contribution in [0.4, 0.5) is 0 Å². The molecular formula is C41H59N3O13. The standard InChI is InChI=1S/C41H59N3O13/c1-24(2)30(20-29(45)14-15-43(16-17-55-7)36(50)21-44-34(48)12-13-35(44)49)39(53)42-25(3)31(46)19-26-8-9-28(22-57-40(54)41(4,5)6)27(18-26)10-11-33-38(52)37(51)32(47)23-56-33/h8-9,12-13,18,24-25,30,32-33,37-38,47,51-52H,10-11,14-17,19-23H2,1-7H3,(H,42,53)/t25-,30-,32+,33-,37-,38-/m0/s1. The number of ether oxygens (including phenoxy) is 3. The van der Waals surface area contributed by atoms with E-state index in [1.807, 2.05) is 0 Å². The number of nitrogens with zero attached hydrogens (tertiary/aromatic N) is 2. The molecule has 57 heavy (non-hydrogen) atoms. The van der Waals surface area contributed by atoms with Crippen molar-refractivity contribution in [3.63, 3.8) is 0 Å². The molecule has 2 heterocycles. The Labute approximate surface area is 333 Å². The van der Waals surface area contributed by atoms with Gasteiger partial charge in [0.1, 0.15) is 37.2 Å². The summed E-state index contributed by atoms with van der Waals surface area (Å²) in [5, 5.41) is 33.2. The number of aliphatic hydroxyl groups excluding tert-OH is 3. The van der Waals surface area contributed by atoms with Crippen LogP contribution < -0.4 is 5.32 Å². The fourth-order valence-electron chi connectivity index (χ4n) is 6.32. The van der Waals surface area contributed by atoms with Gasteiger partial charge in [0.2, 0.25) is 11.8 Å². The molecule has 2 aliphatic rings. The van der Waals surface area contributed by atoms with Gasteiger partial charge in [0.25, 0.3) is 11.8 Å². The third-order valence-corrected chi connectivity index (χ3v) is 10.1. The molecule has 3 rings (SSSR count). The lowest BCUT2D eigenvalue weighted by Gasteiger charge is -2.35. The number of esters is 1. The molecule has 16 nitrogen and oxygen atoms in total. The lowest BCUT2D eigenvalue weighted by Crippen LogP contribution is -2.52. The maximum Gasteiger partial charge on any atom is 0.311 e. The average Bonchev–Trinajstić information content (AvgIpc) is 3.46. The Hall–Kier alpha value is -4.35. The number of rotatable bonds is 21. The molecule has 0 unspecified atom stereocenters. The molecule has 16 heteroatoms. The van der Waals surface area contributed by atoms with E-state index < -0.39 is 77.9 Å². The van der Waals surface area contributed by atoms with Gasteiger partial charge in [-0.15, -0.1) is 0 Å². The van der Waals surface area contributed by atoms with Gasteiger partial charge in [0.15, 0.2) is 5.78 Å². The molecule has 2 aliphatic heterocycles. The largest absolute Gasteiger partial charge is 0.460 e. The Morgan fingerprint density at radius 3 is 2.26 bits per heavy atom. The summed E-state index contributed by atoms with van der Waals surface area (Å²) < 4.78 is 16.2. The normalized spacial score (nSPS) is 20.7. The SMILES string of the molecule is COCCN(CCC(=O)C[C@H](C(=O)N[C@@H](C)C(=O)Cc1ccc(COC(=O)C(C)(C)C)c(CC[C@@H]2OC[C@@H](O)[C@H](O)[C@H]2O)c1)C(C)C)C(=O)CN1C(=O)C=CC1=O. The molecule has 0 radical (unpaired) electrons. The first-order valence-electron chi connectivity index (χ1n) is 19.3. The molecule has 6 atom stereocenters. The highest BCUT2D eigenvalue weighted by Gasteiger charge is 2.37. The summed E-state index contributed by atoms with van der Waals surface area (Å²) in [5.41, 5.74) is 1.31. The summed E-state index contributed by atoms with van der Waals surface area (Å²) in [4.78, 5) is 91.6. The number of carbonyl (C=O) groups excluding carboxylic acids is 7. The highest BCUT2D eigenvalue weighted by molar-refractivity contribution is 6.14. The number of methoxy groups -OCH3 is 1. The van der Waals surface area contributed by atoms with Crippen LogP contribution in [0.2, 0.25) is 0 Å². The number of ketones is 2. The maximum absolute atomic E-state index is 13.5. The number of hydrogen-bond acceptors (Lipinski definition) is 13. The van der Waals surface area contributed by atoms with Crippen LogP contribution in [0.1, 0.15) is 77.5 Å². The summed E-state index contributed by atoms with van der Waals surface area (Å²) in [5.74, 6) is -4.20. The topological polar surface area (TPSA) is 226 Å². The van der Waals surface area contributed by atoms with E-state index in [1.54, 1.807) is 59.7 Å². The molecule has 1 aromatic carbocycles. The van der Waals surface area contributed by atoms with Gasteiger partial charge in [-0.1, -0.05) is 32.0 Å². The number of aryl methyl sites for hydroxylation is 1. The van der Waals surface area contributed by atoms with Crippen molar-refractivity contribution in [2.24, 2.45) is 17.3 Å².